The fourth-order valence-corrected chi connectivity index (χ4v) is 1.98. The number of aldehydes is 1. The first-order chi connectivity index (χ1) is 9.39. The van der Waals surface area contributed by atoms with Gasteiger partial charge in [-0.25, -0.2) is 0 Å². The van der Waals surface area contributed by atoms with Crippen LogP contribution in [0.5, 0.6) is 5.75 Å². The van der Waals surface area contributed by atoms with Crippen molar-refractivity contribution in [3.63, 3.8) is 0 Å². The van der Waals surface area contributed by atoms with Crippen LogP contribution in [0.25, 0.3) is 11.1 Å². The highest BCUT2D eigenvalue weighted by Crippen LogP contribution is 2.32. The molecule has 0 spiro atoms. The number of rotatable bonds is 3. The standard InChI is InChI=1S/C14H8ClF3O2/c15-13-4-2-1-3-12(13)10-5-9(8-19)6-11(7-10)20-14(16,17)18/h1-8H. The van der Waals surface area contributed by atoms with Crippen molar-refractivity contribution in [1.82, 2.24) is 0 Å². The van der Waals surface area contributed by atoms with E-state index >= 15 is 0 Å². The summed E-state index contributed by atoms with van der Waals surface area (Å²) in [6.07, 6.45) is -4.37. The van der Waals surface area contributed by atoms with E-state index in [1.807, 2.05) is 0 Å². The van der Waals surface area contributed by atoms with Crippen LogP contribution in [0, 0.1) is 0 Å². The van der Waals surface area contributed by atoms with Gasteiger partial charge < -0.3 is 4.74 Å². The molecular weight excluding hydrogens is 293 g/mol. The number of halogens is 4. The summed E-state index contributed by atoms with van der Waals surface area (Å²) >= 11 is 5.99. The van der Waals surface area contributed by atoms with Crippen molar-refractivity contribution in [1.29, 1.82) is 0 Å². The number of ether oxygens (including phenoxy) is 1. The minimum atomic E-state index is -4.82. The van der Waals surface area contributed by atoms with Gasteiger partial charge in [0.15, 0.2) is 0 Å². The topological polar surface area (TPSA) is 26.3 Å². The molecule has 0 heterocycles. The van der Waals surface area contributed by atoms with Crippen molar-refractivity contribution in [3.05, 3.63) is 53.1 Å². The van der Waals surface area contributed by atoms with Crippen LogP contribution in [-0.2, 0) is 0 Å². The number of hydrogen-bond donors (Lipinski definition) is 0. The maximum absolute atomic E-state index is 12.3. The molecule has 0 radical (unpaired) electrons. The Morgan fingerprint density at radius 3 is 2.40 bits per heavy atom. The van der Waals surface area contributed by atoms with Gasteiger partial charge in [-0.15, -0.1) is 13.2 Å². The van der Waals surface area contributed by atoms with Crippen LogP contribution in [0.2, 0.25) is 5.02 Å². The lowest BCUT2D eigenvalue weighted by molar-refractivity contribution is -0.274. The molecule has 0 N–H and O–H groups in total. The Kier molecular flexibility index (Phi) is 3.99. The summed E-state index contributed by atoms with van der Waals surface area (Å²) in [4.78, 5) is 10.8. The van der Waals surface area contributed by atoms with Gasteiger partial charge in [0.1, 0.15) is 12.0 Å². The summed E-state index contributed by atoms with van der Waals surface area (Å²) in [5.74, 6) is -0.461. The van der Waals surface area contributed by atoms with Gasteiger partial charge >= 0.3 is 6.36 Å². The van der Waals surface area contributed by atoms with E-state index in [4.69, 9.17) is 11.6 Å². The van der Waals surface area contributed by atoms with Crippen molar-refractivity contribution in [2.45, 2.75) is 6.36 Å². The van der Waals surface area contributed by atoms with Crippen LogP contribution in [0.15, 0.2) is 42.5 Å². The Bertz CT molecular complexity index is 639. The highest BCUT2D eigenvalue weighted by Gasteiger charge is 2.31. The average molecular weight is 301 g/mol. The SMILES string of the molecule is O=Cc1cc(OC(F)(F)F)cc(-c2ccccc2Cl)c1. The predicted molar refractivity (Wildman–Crippen MR) is 69.0 cm³/mol. The highest BCUT2D eigenvalue weighted by atomic mass is 35.5. The Balaban J connectivity index is 2.51. The van der Waals surface area contributed by atoms with E-state index in [-0.39, 0.29) is 5.56 Å². The summed E-state index contributed by atoms with van der Waals surface area (Å²) in [7, 11) is 0. The monoisotopic (exact) mass is 300 g/mol. The first-order valence-corrected chi connectivity index (χ1v) is 5.88. The number of carbonyl (C=O) groups excluding carboxylic acids is 1. The molecule has 0 aliphatic rings. The Labute approximate surface area is 117 Å². The molecule has 0 aliphatic heterocycles. The minimum Gasteiger partial charge on any atom is -0.406 e. The molecule has 2 aromatic carbocycles. The van der Waals surface area contributed by atoms with Gasteiger partial charge in [0, 0.05) is 16.1 Å². The third-order valence-electron chi connectivity index (χ3n) is 2.48. The minimum absolute atomic E-state index is 0.0710. The molecular formula is C14H8ClF3O2. The number of carbonyl (C=O) groups is 1. The molecule has 0 fully saturated rings. The van der Waals surface area contributed by atoms with E-state index in [0.29, 0.717) is 22.4 Å². The molecule has 0 saturated carbocycles. The van der Waals surface area contributed by atoms with Crippen LogP contribution in [0.3, 0.4) is 0 Å². The van der Waals surface area contributed by atoms with E-state index in [1.54, 1.807) is 24.3 Å². The molecule has 2 rings (SSSR count). The molecule has 2 aromatic rings. The van der Waals surface area contributed by atoms with Gasteiger partial charge in [0.2, 0.25) is 0 Å². The fraction of sp³-hybridized carbons (Fsp3) is 0.0714. The van der Waals surface area contributed by atoms with E-state index in [0.717, 1.165) is 6.07 Å². The maximum atomic E-state index is 12.3. The molecule has 0 bridgehead atoms. The summed E-state index contributed by atoms with van der Waals surface area (Å²) in [6, 6.07) is 10.3. The number of alkyl halides is 3. The second-order valence-corrected chi connectivity index (χ2v) is 4.34. The lowest BCUT2D eigenvalue weighted by Gasteiger charge is -2.12. The zero-order valence-corrected chi connectivity index (χ0v) is 10.7. The Hall–Kier alpha value is -2.01. The lowest BCUT2D eigenvalue weighted by atomic mass is 10.0. The summed E-state index contributed by atoms with van der Waals surface area (Å²) in [5, 5.41) is 0.369. The molecule has 6 heteroatoms. The van der Waals surface area contributed by atoms with Gasteiger partial charge in [-0.1, -0.05) is 29.8 Å². The van der Waals surface area contributed by atoms with Crippen LogP contribution in [0.1, 0.15) is 10.4 Å². The van der Waals surface area contributed by atoms with Crippen molar-refractivity contribution < 1.29 is 22.7 Å². The van der Waals surface area contributed by atoms with Crippen molar-refractivity contribution in [2.24, 2.45) is 0 Å². The maximum Gasteiger partial charge on any atom is 0.573 e. The largest absolute Gasteiger partial charge is 0.573 e. The first kappa shape index (κ1) is 14.4. The van der Waals surface area contributed by atoms with Gasteiger partial charge in [-0.2, -0.15) is 0 Å². The zero-order chi connectivity index (χ0) is 14.8. The fourth-order valence-electron chi connectivity index (χ4n) is 1.73. The predicted octanol–water partition coefficient (Wildman–Crippen LogP) is 4.72. The van der Waals surface area contributed by atoms with E-state index < -0.39 is 12.1 Å². The van der Waals surface area contributed by atoms with Gasteiger partial charge in [-0.05, 0) is 29.8 Å². The molecule has 0 unspecified atom stereocenters. The average Bonchev–Trinajstić information content (AvgIpc) is 2.36. The van der Waals surface area contributed by atoms with E-state index in [2.05, 4.69) is 4.74 Å². The first-order valence-electron chi connectivity index (χ1n) is 5.50. The molecule has 0 aliphatic carbocycles. The van der Waals surface area contributed by atoms with Crippen molar-refractivity contribution >= 4 is 17.9 Å². The van der Waals surface area contributed by atoms with Gasteiger partial charge in [0.05, 0.1) is 0 Å². The highest BCUT2D eigenvalue weighted by molar-refractivity contribution is 6.33. The molecule has 0 amide bonds. The third kappa shape index (κ3) is 3.51. The molecule has 2 nitrogen and oxygen atoms in total. The molecule has 0 atom stereocenters. The van der Waals surface area contributed by atoms with E-state index in [1.165, 1.54) is 12.1 Å². The van der Waals surface area contributed by atoms with Gasteiger partial charge in [-0.3, -0.25) is 4.79 Å². The second-order valence-electron chi connectivity index (χ2n) is 3.94. The molecule has 0 saturated heterocycles. The number of benzene rings is 2. The van der Waals surface area contributed by atoms with Crippen LogP contribution < -0.4 is 4.74 Å². The molecule has 104 valence electrons. The molecule has 0 aromatic heterocycles. The smallest absolute Gasteiger partial charge is 0.406 e. The zero-order valence-electron chi connectivity index (χ0n) is 9.95. The van der Waals surface area contributed by atoms with Crippen molar-refractivity contribution in [2.75, 3.05) is 0 Å². The van der Waals surface area contributed by atoms with Crippen LogP contribution >= 0.6 is 11.6 Å². The van der Waals surface area contributed by atoms with Crippen LogP contribution in [0.4, 0.5) is 13.2 Å². The summed E-state index contributed by atoms with van der Waals surface area (Å²) < 4.78 is 40.6. The summed E-state index contributed by atoms with van der Waals surface area (Å²) in [6.45, 7) is 0. The summed E-state index contributed by atoms with van der Waals surface area (Å²) in [5.41, 5.74) is 0.964. The van der Waals surface area contributed by atoms with Gasteiger partial charge in [0.25, 0.3) is 0 Å². The third-order valence-corrected chi connectivity index (χ3v) is 2.81. The normalized spacial score (nSPS) is 11.2. The lowest BCUT2D eigenvalue weighted by Crippen LogP contribution is -2.17. The van der Waals surface area contributed by atoms with Crippen LogP contribution in [-0.4, -0.2) is 12.6 Å². The second kappa shape index (κ2) is 5.54. The van der Waals surface area contributed by atoms with E-state index in [9.17, 15) is 18.0 Å². The Morgan fingerprint density at radius 1 is 1.10 bits per heavy atom. The quantitative estimate of drug-likeness (QED) is 0.767. The van der Waals surface area contributed by atoms with Crippen molar-refractivity contribution in [3.8, 4) is 16.9 Å². The Morgan fingerprint density at radius 2 is 1.80 bits per heavy atom. The molecule has 20 heavy (non-hydrogen) atoms. The number of hydrogen-bond acceptors (Lipinski definition) is 2.